The molecule has 1 aliphatic heterocycles. The van der Waals surface area contributed by atoms with Crippen molar-refractivity contribution < 1.29 is 0 Å². The Balaban J connectivity index is 1.71. The van der Waals surface area contributed by atoms with Gasteiger partial charge in [0.2, 0.25) is 0 Å². The highest BCUT2D eigenvalue weighted by Gasteiger charge is 2.15. The van der Waals surface area contributed by atoms with E-state index in [1.54, 1.807) is 6.34 Å². The number of hydrogen-bond donors (Lipinski definition) is 0. The van der Waals surface area contributed by atoms with Crippen LogP contribution < -0.4 is 0 Å². The Hall–Kier alpha value is -2.22. The molecule has 2 unspecified atom stereocenters. The van der Waals surface area contributed by atoms with E-state index >= 15 is 0 Å². The first-order valence-corrected chi connectivity index (χ1v) is 7.55. The van der Waals surface area contributed by atoms with Gasteiger partial charge in [0.1, 0.15) is 6.34 Å². The molecule has 1 aliphatic rings. The predicted octanol–water partition coefficient (Wildman–Crippen LogP) is 4.27. The largest absolute Gasteiger partial charge is 0.264 e. The molecular formula is C19H20N2. The molecule has 0 saturated carbocycles. The second kappa shape index (κ2) is 6.98. The second-order valence-electron chi connectivity index (χ2n) is 5.50. The van der Waals surface area contributed by atoms with Gasteiger partial charge in [-0.2, -0.15) is 0 Å². The van der Waals surface area contributed by atoms with E-state index in [2.05, 4.69) is 70.6 Å². The molecule has 2 heteroatoms. The standard InChI is InChI=1S/C19H20N2/c1-3-7-16(8-4-1)13-18(17-9-5-2-6-10-17)11-12-19-14-20-15-21-19/h1-10,14-15,18-19H,11-13H2. The van der Waals surface area contributed by atoms with Crippen molar-refractivity contribution in [2.45, 2.75) is 31.2 Å². The van der Waals surface area contributed by atoms with Crippen LogP contribution in [0.2, 0.25) is 0 Å². The molecule has 0 saturated heterocycles. The Morgan fingerprint density at radius 1 is 0.905 bits per heavy atom. The average Bonchev–Trinajstić information content (AvgIpc) is 3.07. The SMILES string of the molecule is C1=NC=NC1CCC(Cc1ccccc1)c1ccccc1. The Kier molecular flexibility index (Phi) is 4.57. The van der Waals surface area contributed by atoms with E-state index in [4.69, 9.17) is 0 Å². The summed E-state index contributed by atoms with van der Waals surface area (Å²) in [5.41, 5.74) is 2.82. The van der Waals surface area contributed by atoms with E-state index in [0.29, 0.717) is 5.92 Å². The fraction of sp³-hybridized carbons (Fsp3) is 0.263. The van der Waals surface area contributed by atoms with E-state index in [1.165, 1.54) is 11.1 Å². The van der Waals surface area contributed by atoms with Gasteiger partial charge in [-0.25, -0.2) is 4.99 Å². The molecule has 2 aromatic rings. The molecule has 3 rings (SSSR count). The quantitative estimate of drug-likeness (QED) is 0.752. The Bertz CT molecular complexity index is 590. The number of benzene rings is 2. The summed E-state index contributed by atoms with van der Waals surface area (Å²) in [6.45, 7) is 0. The molecule has 0 radical (unpaired) electrons. The van der Waals surface area contributed by atoms with Crippen LogP contribution in [0.4, 0.5) is 0 Å². The van der Waals surface area contributed by atoms with Crippen molar-refractivity contribution in [3.05, 3.63) is 71.8 Å². The summed E-state index contributed by atoms with van der Waals surface area (Å²) in [6.07, 6.45) is 6.89. The van der Waals surface area contributed by atoms with Gasteiger partial charge < -0.3 is 0 Å². The van der Waals surface area contributed by atoms with Crippen LogP contribution in [0.3, 0.4) is 0 Å². The highest BCUT2D eigenvalue weighted by molar-refractivity contribution is 5.82. The third kappa shape index (κ3) is 3.88. The highest BCUT2D eigenvalue weighted by atomic mass is 14.9. The molecule has 0 fully saturated rings. The van der Waals surface area contributed by atoms with Gasteiger partial charge in [-0.15, -0.1) is 0 Å². The van der Waals surface area contributed by atoms with E-state index in [0.717, 1.165) is 19.3 Å². The molecule has 2 atom stereocenters. The highest BCUT2D eigenvalue weighted by Crippen LogP contribution is 2.26. The number of hydrogen-bond acceptors (Lipinski definition) is 2. The van der Waals surface area contributed by atoms with Crippen LogP contribution in [0, 0.1) is 0 Å². The summed E-state index contributed by atoms with van der Waals surface area (Å²) in [5.74, 6) is 0.540. The molecule has 0 aromatic heterocycles. The number of aliphatic imine (C=N–C) groups is 2. The molecule has 0 aliphatic carbocycles. The van der Waals surface area contributed by atoms with E-state index in [1.807, 2.05) is 6.21 Å². The number of rotatable bonds is 6. The van der Waals surface area contributed by atoms with Crippen molar-refractivity contribution in [1.82, 2.24) is 0 Å². The van der Waals surface area contributed by atoms with Crippen LogP contribution >= 0.6 is 0 Å². The van der Waals surface area contributed by atoms with Gasteiger partial charge >= 0.3 is 0 Å². The zero-order valence-electron chi connectivity index (χ0n) is 12.1. The van der Waals surface area contributed by atoms with Gasteiger partial charge in [0.05, 0.1) is 6.04 Å². The molecular weight excluding hydrogens is 256 g/mol. The Morgan fingerprint density at radius 2 is 1.62 bits per heavy atom. The first-order chi connectivity index (χ1) is 10.4. The zero-order chi connectivity index (χ0) is 14.3. The minimum Gasteiger partial charge on any atom is -0.264 e. The van der Waals surface area contributed by atoms with E-state index in [-0.39, 0.29) is 6.04 Å². The van der Waals surface area contributed by atoms with E-state index < -0.39 is 0 Å². The molecule has 2 aromatic carbocycles. The lowest BCUT2D eigenvalue weighted by molar-refractivity contribution is 0.576. The fourth-order valence-electron chi connectivity index (χ4n) is 2.83. The molecule has 2 nitrogen and oxygen atoms in total. The van der Waals surface area contributed by atoms with Gasteiger partial charge in [0.25, 0.3) is 0 Å². The lowest BCUT2D eigenvalue weighted by Crippen LogP contribution is -2.09. The summed E-state index contributed by atoms with van der Waals surface area (Å²) in [4.78, 5) is 8.44. The minimum absolute atomic E-state index is 0.270. The van der Waals surface area contributed by atoms with Gasteiger partial charge in [0, 0.05) is 6.21 Å². The molecule has 0 amide bonds. The van der Waals surface area contributed by atoms with Crippen LogP contribution in [0.1, 0.15) is 29.9 Å². The van der Waals surface area contributed by atoms with Gasteiger partial charge in [-0.3, -0.25) is 4.99 Å². The summed E-state index contributed by atoms with van der Waals surface area (Å²) >= 11 is 0. The third-order valence-electron chi connectivity index (χ3n) is 3.99. The zero-order valence-corrected chi connectivity index (χ0v) is 12.1. The lowest BCUT2D eigenvalue weighted by atomic mass is 9.87. The van der Waals surface area contributed by atoms with Crippen LogP contribution in [0.5, 0.6) is 0 Å². The van der Waals surface area contributed by atoms with Crippen molar-refractivity contribution in [2.24, 2.45) is 9.98 Å². The average molecular weight is 276 g/mol. The molecule has 106 valence electrons. The summed E-state index contributed by atoms with van der Waals surface area (Å²) < 4.78 is 0. The molecule has 21 heavy (non-hydrogen) atoms. The van der Waals surface area contributed by atoms with Crippen molar-refractivity contribution in [3.8, 4) is 0 Å². The number of nitrogens with zero attached hydrogens (tertiary/aromatic N) is 2. The molecule has 0 N–H and O–H groups in total. The van der Waals surface area contributed by atoms with Crippen molar-refractivity contribution >= 4 is 12.6 Å². The third-order valence-corrected chi connectivity index (χ3v) is 3.99. The first kappa shape index (κ1) is 13.7. The van der Waals surface area contributed by atoms with Gasteiger partial charge in [-0.05, 0) is 36.3 Å². The van der Waals surface area contributed by atoms with Crippen LogP contribution in [-0.4, -0.2) is 18.6 Å². The van der Waals surface area contributed by atoms with Crippen molar-refractivity contribution in [1.29, 1.82) is 0 Å². The summed E-state index contributed by atoms with van der Waals surface area (Å²) in [5, 5.41) is 0. The minimum atomic E-state index is 0.270. The topological polar surface area (TPSA) is 24.7 Å². The summed E-state index contributed by atoms with van der Waals surface area (Å²) in [6, 6.07) is 21.8. The van der Waals surface area contributed by atoms with Crippen LogP contribution in [0.15, 0.2) is 70.6 Å². The maximum absolute atomic E-state index is 4.36. The maximum atomic E-state index is 4.36. The smallest absolute Gasteiger partial charge is 0.110 e. The van der Waals surface area contributed by atoms with Gasteiger partial charge in [-0.1, -0.05) is 60.7 Å². The van der Waals surface area contributed by atoms with Crippen LogP contribution in [0.25, 0.3) is 0 Å². The van der Waals surface area contributed by atoms with Crippen molar-refractivity contribution in [3.63, 3.8) is 0 Å². The first-order valence-electron chi connectivity index (χ1n) is 7.55. The monoisotopic (exact) mass is 276 g/mol. The molecule has 1 heterocycles. The molecule has 0 bridgehead atoms. The van der Waals surface area contributed by atoms with Gasteiger partial charge in [0.15, 0.2) is 0 Å². The molecule has 0 spiro atoms. The lowest BCUT2D eigenvalue weighted by Gasteiger charge is -2.18. The second-order valence-corrected chi connectivity index (χ2v) is 5.50. The Morgan fingerprint density at radius 3 is 2.29 bits per heavy atom. The normalized spacial score (nSPS) is 18.0. The summed E-state index contributed by atoms with van der Waals surface area (Å²) in [7, 11) is 0. The van der Waals surface area contributed by atoms with Crippen molar-refractivity contribution in [2.75, 3.05) is 0 Å². The van der Waals surface area contributed by atoms with E-state index in [9.17, 15) is 0 Å². The maximum Gasteiger partial charge on any atom is 0.110 e. The Labute approximate surface area is 126 Å². The fourth-order valence-corrected chi connectivity index (χ4v) is 2.83. The van der Waals surface area contributed by atoms with Crippen LogP contribution in [-0.2, 0) is 6.42 Å². The predicted molar refractivity (Wildman–Crippen MR) is 89.3 cm³/mol.